The van der Waals surface area contributed by atoms with E-state index in [1.807, 2.05) is 32.0 Å². The Morgan fingerprint density at radius 2 is 2.20 bits per heavy atom. The Labute approximate surface area is 104 Å². The smallest absolute Gasteiger partial charge is 0.133 e. The lowest BCUT2D eigenvalue weighted by Crippen LogP contribution is -2.20. The van der Waals surface area contributed by atoms with E-state index in [2.05, 4.69) is 27.9 Å². The maximum atomic E-state index is 9.73. The molecule has 0 spiro atoms. The van der Waals surface area contributed by atoms with Gasteiger partial charge in [0.05, 0.1) is 10.2 Å². The molecule has 0 aliphatic heterocycles. The molecule has 0 aliphatic carbocycles. The molecule has 1 aromatic carbocycles. The van der Waals surface area contributed by atoms with Crippen LogP contribution < -0.4 is 10.1 Å². The van der Waals surface area contributed by atoms with Gasteiger partial charge in [0, 0.05) is 0 Å². The molecule has 3 nitrogen and oxygen atoms in total. The molecule has 2 N–H and O–H groups in total. The van der Waals surface area contributed by atoms with Gasteiger partial charge in [-0.25, -0.2) is 0 Å². The van der Waals surface area contributed by atoms with Gasteiger partial charge in [-0.3, -0.25) is 5.32 Å². The van der Waals surface area contributed by atoms with Gasteiger partial charge in [0.1, 0.15) is 12.0 Å². The zero-order valence-electron chi connectivity index (χ0n) is 8.96. The minimum atomic E-state index is -0.619. The number of ether oxygens (including phenoxy) is 1. The highest BCUT2D eigenvalue weighted by Gasteiger charge is 2.08. The monoisotopic (exact) mass is 321 g/mol. The van der Waals surface area contributed by atoms with E-state index in [9.17, 15) is 5.11 Å². The molecule has 0 aromatic heterocycles. The van der Waals surface area contributed by atoms with Crippen molar-refractivity contribution in [2.45, 2.75) is 20.1 Å². The van der Waals surface area contributed by atoms with Crippen molar-refractivity contribution in [3.8, 4) is 5.75 Å². The average molecular weight is 321 g/mol. The SMILES string of the molecule is CCNC(O)c1ccc(I)c(OCC)c1. The first-order chi connectivity index (χ1) is 7.19. The van der Waals surface area contributed by atoms with E-state index in [1.54, 1.807) is 0 Å². The maximum absolute atomic E-state index is 9.73. The summed E-state index contributed by atoms with van der Waals surface area (Å²) in [5.74, 6) is 0.826. The Balaban J connectivity index is 2.86. The highest BCUT2D eigenvalue weighted by molar-refractivity contribution is 14.1. The van der Waals surface area contributed by atoms with Gasteiger partial charge < -0.3 is 9.84 Å². The van der Waals surface area contributed by atoms with Gasteiger partial charge in [-0.15, -0.1) is 0 Å². The topological polar surface area (TPSA) is 41.5 Å². The highest BCUT2D eigenvalue weighted by atomic mass is 127. The minimum Gasteiger partial charge on any atom is -0.493 e. The Kier molecular flexibility index (Phi) is 5.35. The third kappa shape index (κ3) is 3.62. The van der Waals surface area contributed by atoms with Crippen molar-refractivity contribution in [2.75, 3.05) is 13.2 Å². The number of halogens is 1. The molecule has 0 saturated carbocycles. The van der Waals surface area contributed by atoms with E-state index < -0.39 is 6.23 Å². The van der Waals surface area contributed by atoms with Crippen LogP contribution in [0.15, 0.2) is 18.2 Å². The molecule has 4 heteroatoms. The number of hydrogen-bond donors (Lipinski definition) is 2. The summed E-state index contributed by atoms with van der Waals surface area (Å²) in [7, 11) is 0. The summed E-state index contributed by atoms with van der Waals surface area (Å²) in [6, 6.07) is 5.72. The highest BCUT2D eigenvalue weighted by Crippen LogP contribution is 2.24. The summed E-state index contributed by atoms with van der Waals surface area (Å²) >= 11 is 2.22. The fourth-order valence-corrected chi connectivity index (χ4v) is 1.76. The molecule has 0 aliphatic rings. The summed E-state index contributed by atoms with van der Waals surface area (Å²) in [4.78, 5) is 0. The number of aliphatic hydroxyl groups is 1. The van der Waals surface area contributed by atoms with Gasteiger partial charge in [-0.2, -0.15) is 0 Å². The van der Waals surface area contributed by atoms with Crippen LogP contribution in [0.3, 0.4) is 0 Å². The predicted octanol–water partition coefficient (Wildman–Crippen LogP) is 2.29. The molecule has 1 aromatic rings. The van der Waals surface area contributed by atoms with Crippen LogP contribution in [0.2, 0.25) is 0 Å². The van der Waals surface area contributed by atoms with Crippen molar-refractivity contribution in [3.05, 3.63) is 27.3 Å². The molecular weight excluding hydrogens is 305 g/mol. The van der Waals surface area contributed by atoms with E-state index in [4.69, 9.17) is 4.74 Å². The Morgan fingerprint density at radius 3 is 2.80 bits per heavy atom. The fourth-order valence-electron chi connectivity index (χ4n) is 1.27. The van der Waals surface area contributed by atoms with Crippen molar-refractivity contribution in [2.24, 2.45) is 0 Å². The summed E-state index contributed by atoms with van der Waals surface area (Å²) in [5.41, 5.74) is 0.834. The molecule has 15 heavy (non-hydrogen) atoms. The number of hydrogen-bond acceptors (Lipinski definition) is 3. The molecule has 1 rings (SSSR count). The summed E-state index contributed by atoms with van der Waals surface area (Å²) < 4.78 is 6.52. The molecule has 0 heterocycles. The second-order valence-corrected chi connectivity index (χ2v) is 4.25. The molecule has 0 amide bonds. The summed E-state index contributed by atoms with van der Waals surface area (Å²) in [6.45, 7) is 5.27. The van der Waals surface area contributed by atoms with Crippen LogP contribution in [-0.4, -0.2) is 18.3 Å². The van der Waals surface area contributed by atoms with Gasteiger partial charge in [0.2, 0.25) is 0 Å². The minimum absolute atomic E-state index is 0.619. The molecule has 0 saturated heterocycles. The zero-order chi connectivity index (χ0) is 11.3. The van der Waals surface area contributed by atoms with E-state index in [1.165, 1.54) is 0 Å². The lowest BCUT2D eigenvalue weighted by molar-refractivity contribution is 0.141. The molecule has 0 radical (unpaired) electrons. The zero-order valence-corrected chi connectivity index (χ0v) is 11.1. The Hall–Kier alpha value is -0.330. The van der Waals surface area contributed by atoms with Crippen LogP contribution in [0.25, 0.3) is 0 Å². The first kappa shape index (κ1) is 12.7. The summed E-state index contributed by atoms with van der Waals surface area (Å²) in [6.07, 6.45) is -0.619. The van der Waals surface area contributed by atoms with Crippen molar-refractivity contribution in [3.63, 3.8) is 0 Å². The van der Waals surface area contributed by atoms with Crippen LogP contribution in [0, 0.1) is 3.57 Å². The molecule has 1 unspecified atom stereocenters. The van der Waals surface area contributed by atoms with Crippen molar-refractivity contribution in [1.29, 1.82) is 0 Å². The van der Waals surface area contributed by atoms with Gasteiger partial charge >= 0.3 is 0 Å². The fraction of sp³-hybridized carbons (Fsp3) is 0.455. The standard InChI is InChI=1S/C11H16INO2/c1-3-13-11(14)8-5-6-9(12)10(7-8)15-4-2/h5-7,11,13-14H,3-4H2,1-2H3. The van der Waals surface area contributed by atoms with E-state index in [0.717, 1.165) is 21.4 Å². The lowest BCUT2D eigenvalue weighted by atomic mass is 10.2. The van der Waals surface area contributed by atoms with Gasteiger partial charge in [-0.05, 0) is 53.8 Å². The number of aliphatic hydroxyl groups excluding tert-OH is 1. The largest absolute Gasteiger partial charge is 0.493 e. The third-order valence-corrected chi connectivity index (χ3v) is 2.86. The maximum Gasteiger partial charge on any atom is 0.133 e. The van der Waals surface area contributed by atoms with Crippen LogP contribution in [0.5, 0.6) is 5.75 Å². The second kappa shape index (κ2) is 6.30. The normalized spacial score (nSPS) is 12.5. The average Bonchev–Trinajstić information content (AvgIpc) is 2.22. The summed E-state index contributed by atoms with van der Waals surface area (Å²) in [5, 5.41) is 12.7. The first-order valence-corrected chi connectivity index (χ1v) is 6.10. The van der Waals surface area contributed by atoms with E-state index in [-0.39, 0.29) is 0 Å². The van der Waals surface area contributed by atoms with Gasteiger partial charge in [0.25, 0.3) is 0 Å². The Bertz CT molecular complexity index is 317. The van der Waals surface area contributed by atoms with Gasteiger partial charge in [-0.1, -0.05) is 13.0 Å². The van der Waals surface area contributed by atoms with Crippen LogP contribution in [0.1, 0.15) is 25.6 Å². The van der Waals surface area contributed by atoms with Gasteiger partial charge in [0.15, 0.2) is 0 Å². The molecular formula is C11H16INO2. The van der Waals surface area contributed by atoms with Crippen LogP contribution >= 0.6 is 22.6 Å². The van der Waals surface area contributed by atoms with Crippen molar-refractivity contribution >= 4 is 22.6 Å². The van der Waals surface area contributed by atoms with Crippen molar-refractivity contribution in [1.82, 2.24) is 5.32 Å². The number of rotatable bonds is 5. The molecule has 1 atom stereocenters. The number of benzene rings is 1. The van der Waals surface area contributed by atoms with E-state index >= 15 is 0 Å². The van der Waals surface area contributed by atoms with E-state index in [0.29, 0.717) is 6.61 Å². The van der Waals surface area contributed by atoms with Crippen molar-refractivity contribution < 1.29 is 9.84 Å². The van der Waals surface area contributed by atoms with Crippen LogP contribution in [0.4, 0.5) is 0 Å². The van der Waals surface area contributed by atoms with Crippen LogP contribution in [-0.2, 0) is 0 Å². The lowest BCUT2D eigenvalue weighted by Gasteiger charge is -2.14. The predicted molar refractivity (Wildman–Crippen MR) is 69.0 cm³/mol. The second-order valence-electron chi connectivity index (χ2n) is 3.08. The molecule has 84 valence electrons. The third-order valence-electron chi connectivity index (χ3n) is 1.97. The molecule has 0 bridgehead atoms. The first-order valence-electron chi connectivity index (χ1n) is 5.02. The Morgan fingerprint density at radius 1 is 1.47 bits per heavy atom. The quantitative estimate of drug-likeness (QED) is 0.646. The molecule has 0 fully saturated rings. The number of nitrogens with one attached hydrogen (secondary N) is 1.